The van der Waals surface area contributed by atoms with Gasteiger partial charge in [0.05, 0.1) is 0 Å². The van der Waals surface area contributed by atoms with Gasteiger partial charge < -0.3 is 10.0 Å². The Morgan fingerprint density at radius 3 is 2.67 bits per heavy atom. The van der Waals surface area contributed by atoms with Crippen molar-refractivity contribution in [1.82, 2.24) is 4.90 Å². The molecule has 0 spiro atoms. The van der Waals surface area contributed by atoms with Gasteiger partial charge in [0.1, 0.15) is 0 Å². The van der Waals surface area contributed by atoms with Crippen LogP contribution in [-0.2, 0) is 0 Å². The minimum absolute atomic E-state index is 0.621. The van der Waals surface area contributed by atoms with Crippen LogP contribution in [0.3, 0.4) is 0 Å². The fraction of sp³-hybridized carbons (Fsp3) is 0.889. The highest BCUT2D eigenvalue weighted by atomic mass is 16.4. The predicted molar refractivity (Wildman–Crippen MR) is 47.2 cm³/mol. The van der Waals surface area contributed by atoms with Crippen LogP contribution in [-0.4, -0.2) is 29.2 Å². The van der Waals surface area contributed by atoms with E-state index < -0.39 is 6.09 Å². The van der Waals surface area contributed by atoms with E-state index in [9.17, 15) is 4.79 Å². The van der Waals surface area contributed by atoms with Crippen molar-refractivity contribution in [2.24, 2.45) is 11.8 Å². The first-order valence-corrected chi connectivity index (χ1v) is 4.61. The third kappa shape index (κ3) is 2.13. The van der Waals surface area contributed by atoms with E-state index in [1.54, 1.807) is 0 Å². The lowest BCUT2D eigenvalue weighted by Crippen LogP contribution is -2.49. The van der Waals surface area contributed by atoms with Gasteiger partial charge in [-0.1, -0.05) is 20.3 Å². The molecule has 1 atom stereocenters. The maximum atomic E-state index is 10.4. The summed E-state index contributed by atoms with van der Waals surface area (Å²) in [6.07, 6.45) is 1.61. The number of carboxylic acid groups (broad SMARTS) is 1. The third-order valence-corrected chi connectivity index (χ3v) is 2.66. The molecule has 1 aliphatic rings. The van der Waals surface area contributed by atoms with E-state index in [2.05, 4.69) is 13.8 Å². The molecule has 12 heavy (non-hydrogen) atoms. The Balaban J connectivity index is 2.13. The molecule has 0 aromatic rings. The van der Waals surface area contributed by atoms with Crippen molar-refractivity contribution in [2.45, 2.75) is 26.7 Å². The maximum absolute atomic E-state index is 10.4. The van der Waals surface area contributed by atoms with E-state index >= 15 is 0 Å². The highest BCUT2D eigenvalue weighted by Gasteiger charge is 2.30. The minimum atomic E-state index is -0.768. The number of carbonyl (C=O) groups is 1. The normalized spacial score (nSPS) is 20.3. The maximum Gasteiger partial charge on any atom is 0.407 e. The average molecular weight is 171 g/mol. The molecule has 0 aromatic heterocycles. The zero-order valence-electron chi connectivity index (χ0n) is 7.79. The summed E-state index contributed by atoms with van der Waals surface area (Å²) in [6.45, 7) is 5.90. The zero-order chi connectivity index (χ0) is 9.14. The van der Waals surface area contributed by atoms with E-state index in [1.807, 2.05) is 0 Å². The molecule has 1 fully saturated rings. The summed E-state index contributed by atoms with van der Waals surface area (Å²) < 4.78 is 0. The summed E-state index contributed by atoms with van der Waals surface area (Å²) in [7, 11) is 0. The summed E-state index contributed by atoms with van der Waals surface area (Å²) in [6, 6.07) is 0. The van der Waals surface area contributed by atoms with E-state index in [0.29, 0.717) is 5.92 Å². The van der Waals surface area contributed by atoms with Gasteiger partial charge in [-0.25, -0.2) is 4.79 Å². The molecule has 1 amide bonds. The van der Waals surface area contributed by atoms with Crippen LogP contribution in [0.25, 0.3) is 0 Å². The summed E-state index contributed by atoms with van der Waals surface area (Å²) in [5.41, 5.74) is 0. The lowest BCUT2D eigenvalue weighted by atomic mass is 9.89. The van der Waals surface area contributed by atoms with Crippen LogP contribution >= 0.6 is 0 Å². The highest BCUT2D eigenvalue weighted by Crippen LogP contribution is 2.24. The Hall–Kier alpha value is -0.730. The van der Waals surface area contributed by atoms with Crippen LogP contribution in [0.1, 0.15) is 26.7 Å². The van der Waals surface area contributed by atoms with Crippen molar-refractivity contribution >= 4 is 6.09 Å². The lowest BCUT2D eigenvalue weighted by Gasteiger charge is -2.38. The van der Waals surface area contributed by atoms with Crippen molar-refractivity contribution in [1.29, 1.82) is 0 Å². The lowest BCUT2D eigenvalue weighted by molar-refractivity contribution is 0.0718. The molecule has 1 N–H and O–H groups in total. The molecule has 1 rings (SSSR count). The molecular formula is C9H17NO2. The molecular weight excluding hydrogens is 154 g/mol. The number of likely N-dealkylation sites (tertiary alicyclic amines) is 1. The van der Waals surface area contributed by atoms with Crippen LogP contribution < -0.4 is 0 Å². The minimum Gasteiger partial charge on any atom is -0.465 e. The third-order valence-electron chi connectivity index (χ3n) is 2.66. The Bertz CT molecular complexity index is 164. The van der Waals surface area contributed by atoms with Crippen molar-refractivity contribution in [2.75, 3.05) is 13.1 Å². The summed E-state index contributed by atoms with van der Waals surface area (Å²) in [4.78, 5) is 11.9. The first-order valence-electron chi connectivity index (χ1n) is 4.61. The molecule has 0 aromatic carbocycles. The van der Waals surface area contributed by atoms with Gasteiger partial charge in [-0.15, -0.1) is 0 Å². The smallest absolute Gasteiger partial charge is 0.407 e. The van der Waals surface area contributed by atoms with Gasteiger partial charge in [0.25, 0.3) is 0 Å². The Kier molecular flexibility index (Phi) is 2.95. The summed E-state index contributed by atoms with van der Waals surface area (Å²) >= 11 is 0. The van der Waals surface area contributed by atoms with Gasteiger partial charge in [0, 0.05) is 13.1 Å². The average Bonchev–Trinajstić information content (AvgIpc) is 1.94. The Morgan fingerprint density at radius 2 is 2.25 bits per heavy atom. The quantitative estimate of drug-likeness (QED) is 0.705. The number of hydrogen-bond acceptors (Lipinski definition) is 1. The van der Waals surface area contributed by atoms with Gasteiger partial charge in [-0.2, -0.15) is 0 Å². The standard InChI is InChI=1S/C9H17NO2/c1-3-7(2)4-8-5-10(6-8)9(11)12/h7-8H,3-6H2,1-2H3,(H,11,12). The number of rotatable bonds is 3. The first-order chi connectivity index (χ1) is 5.63. The zero-order valence-corrected chi connectivity index (χ0v) is 7.79. The largest absolute Gasteiger partial charge is 0.465 e. The fourth-order valence-corrected chi connectivity index (χ4v) is 1.61. The fourth-order valence-electron chi connectivity index (χ4n) is 1.61. The van der Waals surface area contributed by atoms with E-state index in [-0.39, 0.29) is 0 Å². The SMILES string of the molecule is CCC(C)CC1CN(C(=O)O)C1. The second-order valence-electron chi connectivity index (χ2n) is 3.80. The van der Waals surface area contributed by atoms with Crippen LogP contribution in [0.15, 0.2) is 0 Å². The van der Waals surface area contributed by atoms with Crippen LogP contribution in [0.5, 0.6) is 0 Å². The van der Waals surface area contributed by atoms with Crippen molar-refractivity contribution in [3.05, 3.63) is 0 Å². The molecule has 0 saturated carbocycles. The van der Waals surface area contributed by atoms with Crippen molar-refractivity contribution in [3.63, 3.8) is 0 Å². The molecule has 1 saturated heterocycles. The van der Waals surface area contributed by atoms with E-state index in [0.717, 1.165) is 19.0 Å². The molecule has 1 heterocycles. The molecule has 3 nitrogen and oxygen atoms in total. The number of hydrogen-bond donors (Lipinski definition) is 1. The van der Waals surface area contributed by atoms with Gasteiger partial charge in [0.15, 0.2) is 0 Å². The van der Waals surface area contributed by atoms with Gasteiger partial charge in [-0.3, -0.25) is 0 Å². The Labute approximate surface area is 73.4 Å². The molecule has 0 aliphatic carbocycles. The topological polar surface area (TPSA) is 40.5 Å². The highest BCUT2D eigenvalue weighted by molar-refractivity contribution is 5.65. The molecule has 3 heteroatoms. The molecule has 70 valence electrons. The van der Waals surface area contributed by atoms with Gasteiger partial charge >= 0.3 is 6.09 Å². The second-order valence-corrected chi connectivity index (χ2v) is 3.80. The summed E-state index contributed by atoms with van der Waals surface area (Å²) in [5.74, 6) is 1.36. The predicted octanol–water partition coefficient (Wildman–Crippen LogP) is 2.03. The van der Waals surface area contributed by atoms with E-state index in [4.69, 9.17) is 5.11 Å². The number of nitrogens with zero attached hydrogens (tertiary/aromatic N) is 1. The Morgan fingerprint density at radius 1 is 1.67 bits per heavy atom. The monoisotopic (exact) mass is 171 g/mol. The second kappa shape index (κ2) is 3.78. The molecule has 1 aliphatic heterocycles. The van der Waals surface area contributed by atoms with Gasteiger partial charge in [-0.05, 0) is 18.3 Å². The van der Waals surface area contributed by atoms with Crippen LogP contribution in [0.4, 0.5) is 4.79 Å². The number of amides is 1. The van der Waals surface area contributed by atoms with Crippen LogP contribution in [0, 0.1) is 11.8 Å². The molecule has 0 bridgehead atoms. The van der Waals surface area contributed by atoms with Crippen molar-refractivity contribution in [3.8, 4) is 0 Å². The van der Waals surface area contributed by atoms with Crippen LogP contribution in [0.2, 0.25) is 0 Å². The molecule has 1 unspecified atom stereocenters. The first kappa shape index (κ1) is 9.36. The van der Waals surface area contributed by atoms with Crippen molar-refractivity contribution < 1.29 is 9.90 Å². The van der Waals surface area contributed by atoms with E-state index in [1.165, 1.54) is 17.7 Å². The summed E-state index contributed by atoms with van der Waals surface area (Å²) in [5, 5.41) is 8.57. The molecule has 0 radical (unpaired) electrons. The van der Waals surface area contributed by atoms with Gasteiger partial charge in [0.2, 0.25) is 0 Å².